The molecule has 1 aliphatic rings. The number of hydrogen-bond donors (Lipinski definition) is 4. The molecule has 0 fully saturated rings. The molecule has 1 aliphatic heterocycles. The van der Waals surface area contributed by atoms with E-state index in [0.717, 1.165) is 22.3 Å². The molecule has 4 rings (SSSR count). The zero-order valence-corrected chi connectivity index (χ0v) is 16.8. The van der Waals surface area contributed by atoms with Crippen LogP contribution >= 0.6 is 0 Å². The number of imidazole rings is 1. The lowest BCUT2D eigenvalue weighted by molar-refractivity contribution is 0.0937. The zero-order valence-electron chi connectivity index (χ0n) is 16.8. The van der Waals surface area contributed by atoms with Gasteiger partial charge in [-0.1, -0.05) is 6.07 Å². The van der Waals surface area contributed by atoms with Crippen LogP contribution in [0.15, 0.2) is 54.5 Å². The van der Waals surface area contributed by atoms with Gasteiger partial charge in [0.2, 0.25) is 0 Å². The molecule has 2 aromatic heterocycles. The minimum Gasteiger partial charge on any atom is -0.349 e. The van der Waals surface area contributed by atoms with Crippen molar-refractivity contribution in [1.29, 1.82) is 0 Å². The van der Waals surface area contributed by atoms with Gasteiger partial charge in [0, 0.05) is 25.3 Å². The van der Waals surface area contributed by atoms with Crippen molar-refractivity contribution >= 4 is 28.5 Å². The van der Waals surface area contributed by atoms with Gasteiger partial charge in [-0.15, -0.1) is 0 Å². The predicted molar refractivity (Wildman–Crippen MR) is 114 cm³/mol. The van der Waals surface area contributed by atoms with Gasteiger partial charge in [-0.3, -0.25) is 14.6 Å². The molecule has 0 aliphatic carbocycles. The van der Waals surface area contributed by atoms with Crippen molar-refractivity contribution in [1.82, 2.24) is 31.0 Å². The first kappa shape index (κ1) is 19.6. The number of aromatic nitrogens is 3. The first-order chi connectivity index (χ1) is 14.5. The highest BCUT2D eigenvalue weighted by Crippen LogP contribution is 2.21. The second-order valence-corrected chi connectivity index (χ2v) is 7.32. The molecule has 2 amide bonds. The summed E-state index contributed by atoms with van der Waals surface area (Å²) >= 11 is 0. The van der Waals surface area contributed by atoms with Gasteiger partial charge in [0.15, 0.2) is 0 Å². The number of fused-ring (bicyclic) bond motifs is 1. The Kier molecular flexibility index (Phi) is 5.44. The molecule has 9 heteroatoms. The maximum atomic E-state index is 12.5. The number of pyridine rings is 1. The number of carbonyl (C=O) groups is 2. The average molecular weight is 405 g/mol. The number of aromatic amines is 1. The number of H-pyrrole nitrogens is 1. The lowest BCUT2D eigenvalue weighted by atomic mass is 10.2. The van der Waals surface area contributed by atoms with Gasteiger partial charge in [-0.05, 0) is 49.8 Å². The molecular formula is C21H23N7O2. The van der Waals surface area contributed by atoms with E-state index in [-0.39, 0.29) is 29.2 Å². The Hall–Kier alpha value is -3.72. The van der Waals surface area contributed by atoms with E-state index in [1.165, 1.54) is 0 Å². The van der Waals surface area contributed by atoms with Gasteiger partial charge in [-0.2, -0.15) is 0 Å². The van der Waals surface area contributed by atoms with Gasteiger partial charge in [-0.25, -0.2) is 15.4 Å². The van der Waals surface area contributed by atoms with Crippen LogP contribution in [-0.2, 0) is 0 Å². The number of anilines is 1. The van der Waals surface area contributed by atoms with Crippen molar-refractivity contribution in [3.8, 4) is 0 Å². The molecule has 3 aromatic rings. The van der Waals surface area contributed by atoms with Crippen molar-refractivity contribution < 1.29 is 9.59 Å². The second-order valence-electron chi connectivity index (χ2n) is 7.32. The van der Waals surface area contributed by atoms with E-state index in [1.807, 2.05) is 43.3 Å². The van der Waals surface area contributed by atoms with Gasteiger partial charge >= 0.3 is 0 Å². The maximum Gasteiger partial charge on any atom is 0.270 e. The molecule has 0 saturated carbocycles. The number of nitrogens with zero attached hydrogens (tertiary/aromatic N) is 3. The summed E-state index contributed by atoms with van der Waals surface area (Å²) in [5, 5.41) is 7.54. The summed E-state index contributed by atoms with van der Waals surface area (Å²) in [5.74, 6) is -0.627. The first-order valence-electron chi connectivity index (χ1n) is 9.71. The summed E-state index contributed by atoms with van der Waals surface area (Å²) in [7, 11) is 0. The van der Waals surface area contributed by atoms with Crippen LogP contribution in [0.2, 0.25) is 0 Å². The zero-order chi connectivity index (χ0) is 21.1. The first-order valence-corrected chi connectivity index (χ1v) is 9.71. The van der Waals surface area contributed by atoms with Crippen LogP contribution in [-0.4, -0.2) is 45.9 Å². The van der Waals surface area contributed by atoms with E-state index < -0.39 is 0 Å². The van der Waals surface area contributed by atoms with Crippen LogP contribution in [0.5, 0.6) is 0 Å². The number of carbonyl (C=O) groups excluding carboxylic acids is 2. The topological polar surface area (TPSA) is 115 Å². The monoisotopic (exact) mass is 405 g/mol. The molecule has 0 atom stereocenters. The lowest BCUT2D eigenvalue weighted by Gasteiger charge is -2.15. The highest BCUT2D eigenvalue weighted by molar-refractivity contribution is 5.96. The van der Waals surface area contributed by atoms with Crippen molar-refractivity contribution in [3.05, 3.63) is 65.9 Å². The highest BCUT2D eigenvalue weighted by Gasteiger charge is 2.17. The molecule has 0 saturated heterocycles. The number of rotatable bonds is 6. The van der Waals surface area contributed by atoms with Gasteiger partial charge in [0.05, 0.1) is 23.0 Å². The molecule has 154 valence electrons. The Labute approximate surface area is 173 Å². The fourth-order valence-corrected chi connectivity index (χ4v) is 3.11. The highest BCUT2D eigenvalue weighted by atomic mass is 16.2. The second kappa shape index (κ2) is 8.34. The molecular weight excluding hydrogens is 382 g/mol. The van der Waals surface area contributed by atoms with Gasteiger partial charge < -0.3 is 15.6 Å². The third-order valence-electron chi connectivity index (χ3n) is 4.58. The van der Waals surface area contributed by atoms with E-state index in [0.29, 0.717) is 13.1 Å². The summed E-state index contributed by atoms with van der Waals surface area (Å²) < 4.78 is 0. The Balaban J connectivity index is 1.38. The van der Waals surface area contributed by atoms with E-state index in [2.05, 4.69) is 31.0 Å². The van der Waals surface area contributed by atoms with E-state index >= 15 is 0 Å². The van der Waals surface area contributed by atoms with Crippen molar-refractivity contribution in [2.24, 2.45) is 0 Å². The molecule has 9 nitrogen and oxygen atoms in total. The van der Waals surface area contributed by atoms with Crippen LogP contribution < -0.4 is 21.1 Å². The van der Waals surface area contributed by atoms with Crippen molar-refractivity contribution in [2.45, 2.75) is 19.9 Å². The Morgan fingerprint density at radius 2 is 1.97 bits per heavy atom. The molecule has 30 heavy (non-hydrogen) atoms. The quantitative estimate of drug-likeness (QED) is 0.497. The number of hydrogen-bond acceptors (Lipinski definition) is 6. The van der Waals surface area contributed by atoms with Crippen molar-refractivity contribution in [2.75, 3.05) is 18.1 Å². The fraction of sp³-hybridized carbons (Fsp3) is 0.238. The Morgan fingerprint density at radius 1 is 1.17 bits per heavy atom. The third kappa shape index (κ3) is 4.31. The van der Waals surface area contributed by atoms with E-state index in [1.54, 1.807) is 24.5 Å². The molecule has 0 radical (unpaired) electrons. The van der Waals surface area contributed by atoms with E-state index in [4.69, 9.17) is 0 Å². The minimum atomic E-state index is -0.327. The van der Waals surface area contributed by atoms with Crippen LogP contribution in [0.3, 0.4) is 0 Å². The number of hydrazine groups is 1. The molecule has 0 spiro atoms. The molecule has 1 aromatic carbocycles. The Bertz CT molecular complexity index is 1120. The van der Waals surface area contributed by atoms with Gasteiger partial charge in [0.25, 0.3) is 11.8 Å². The normalized spacial score (nSPS) is 13.6. The van der Waals surface area contributed by atoms with Crippen molar-refractivity contribution in [3.63, 3.8) is 0 Å². The summed E-state index contributed by atoms with van der Waals surface area (Å²) in [4.78, 5) is 36.1. The molecule has 3 heterocycles. The SMILES string of the molecule is CC(C)NC(=O)c1cccc(C(=O)NCC2=CN(c3ccc4[nH]cnc4c3)NC2)n1. The summed E-state index contributed by atoms with van der Waals surface area (Å²) in [5.41, 5.74) is 7.53. The molecule has 0 bridgehead atoms. The predicted octanol–water partition coefficient (Wildman–Crippen LogP) is 1.73. The van der Waals surface area contributed by atoms with Crippen LogP contribution in [0.4, 0.5) is 5.69 Å². The third-order valence-corrected chi connectivity index (χ3v) is 4.58. The smallest absolute Gasteiger partial charge is 0.270 e. The molecule has 4 N–H and O–H groups in total. The van der Waals surface area contributed by atoms with Gasteiger partial charge in [0.1, 0.15) is 11.4 Å². The summed E-state index contributed by atoms with van der Waals surface area (Å²) in [6, 6.07) is 10.8. The number of amides is 2. The summed E-state index contributed by atoms with van der Waals surface area (Å²) in [6.45, 7) is 4.72. The average Bonchev–Trinajstić information content (AvgIpc) is 3.40. The van der Waals surface area contributed by atoms with Crippen LogP contribution in [0.25, 0.3) is 11.0 Å². The number of benzene rings is 1. The molecule has 0 unspecified atom stereocenters. The van der Waals surface area contributed by atoms with Crippen LogP contribution in [0.1, 0.15) is 34.8 Å². The summed E-state index contributed by atoms with van der Waals surface area (Å²) in [6.07, 6.45) is 3.62. The maximum absolute atomic E-state index is 12.5. The Morgan fingerprint density at radius 3 is 2.77 bits per heavy atom. The lowest BCUT2D eigenvalue weighted by Crippen LogP contribution is -2.32. The number of nitrogens with one attached hydrogen (secondary N) is 4. The largest absolute Gasteiger partial charge is 0.349 e. The van der Waals surface area contributed by atoms with Crippen LogP contribution in [0, 0.1) is 0 Å². The van der Waals surface area contributed by atoms with E-state index in [9.17, 15) is 9.59 Å². The standard InChI is InChI=1S/C21H23N7O2/c1-13(2)26-21(30)18-5-3-4-17(27-18)20(29)22-9-14-10-25-28(11-14)15-6-7-16-19(8-15)24-12-23-16/h3-8,11-13,25H,9-10H2,1-2H3,(H,22,29)(H,23,24)(H,26,30). The minimum absolute atomic E-state index is 0.00438. The fourth-order valence-electron chi connectivity index (χ4n) is 3.11.